The second-order valence-corrected chi connectivity index (χ2v) is 21.3. The minimum Gasteiger partial charge on any atom is -0.462 e. The number of rotatable bonds is 58. The first-order valence-electron chi connectivity index (χ1n) is 32.5. The third-order valence-corrected chi connectivity index (χ3v) is 13.7. The Bertz CT molecular complexity index is 1620. The minimum absolute atomic E-state index is 0.0877. The third-order valence-electron chi connectivity index (χ3n) is 13.7. The number of esters is 3. The van der Waals surface area contributed by atoms with Gasteiger partial charge in [0.25, 0.3) is 0 Å². The van der Waals surface area contributed by atoms with E-state index in [0.717, 1.165) is 148 Å². The highest BCUT2D eigenvalue weighted by molar-refractivity contribution is 5.71. The third kappa shape index (κ3) is 62.7. The topological polar surface area (TPSA) is 78.9 Å². The molecule has 0 spiro atoms. The van der Waals surface area contributed by atoms with Gasteiger partial charge in [0.2, 0.25) is 0 Å². The molecule has 0 bridgehead atoms. The van der Waals surface area contributed by atoms with Gasteiger partial charge in [-0.1, -0.05) is 290 Å². The summed E-state index contributed by atoms with van der Waals surface area (Å²) in [5, 5.41) is 0. The van der Waals surface area contributed by atoms with E-state index in [4.69, 9.17) is 14.2 Å². The summed E-state index contributed by atoms with van der Waals surface area (Å²) in [5.74, 6) is -0.905. The van der Waals surface area contributed by atoms with Crippen LogP contribution in [0.15, 0.2) is 122 Å². The molecular formula is C72H120O6. The monoisotopic (exact) mass is 1080 g/mol. The van der Waals surface area contributed by atoms with E-state index in [-0.39, 0.29) is 31.1 Å². The van der Waals surface area contributed by atoms with E-state index in [1.54, 1.807) is 0 Å². The van der Waals surface area contributed by atoms with E-state index >= 15 is 0 Å². The summed E-state index contributed by atoms with van der Waals surface area (Å²) in [4.78, 5) is 38.4. The molecule has 0 heterocycles. The van der Waals surface area contributed by atoms with Crippen molar-refractivity contribution in [3.63, 3.8) is 0 Å². The second-order valence-electron chi connectivity index (χ2n) is 21.3. The Balaban J connectivity index is 4.40. The van der Waals surface area contributed by atoms with Crippen LogP contribution in [0.2, 0.25) is 0 Å². The first kappa shape index (κ1) is 73.8. The lowest BCUT2D eigenvalue weighted by atomic mass is 10.0. The minimum atomic E-state index is -0.794. The highest BCUT2D eigenvalue weighted by atomic mass is 16.6. The Labute approximate surface area is 482 Å². The van der Waals surface area contributed by atoms with Crippen molar-refractivity contribution < 1.29 is 28.6 Å². The van der Waals surface area contributed by atoms with Crippen LogP contribution in [-0.4, -0.2) is 37.2 Å². The zero-order chi connectivity index (χ0) is 56.4. The zero-order valence-electron chi connectivity index (χ0n) is 50.9. The summed E-state index contributed by atoms with van der Waals surface area (Å²) in [6.45, 7) is 6.41. The molecule has 444 valence electrons. The molecule has 0 fully saturated rings. The van der Waals surface area contributed by atoms with Crippen LogP contribution in [0.4, 0.5) is 0 Å². The molecule has 0 aromatic heterocycles. The van der Waals surface area contributed by atoms with Crippen molar-refractivity contribution in [1.29, 1.82) is 0 Å². The zero-order valence-corrected chi connectivity index (χ0v) is 50.9. The van der Waals surface area contributed by atoms with Gasteiger partial charge < -0.3 is 14.2 Å². The molecule has 78 heavy (non-hydrogen) atoms. The summed E-state index contributed by atoms with van der Waals surface area (Å²) in [6.07, 6.45) is 90.5. The molecule has 6 heteroatoms. The number of carbonyl (C=O) groups excluding carboxylic acids is 3. The quantitative estimate of drug-likeness (QED) is 0.0261. The first-order chi connectivity index (χ1) is 38.5. The Morgan fingerprint density at radius 1 is 0.269 bits per heavy atom. The summed E-state index contributed by atoms with van der Waals surface area (Å²) in [7, 11) is 0. The van der Waals surface area contributed by atoms with Gasteiger partial charge in [-0.2, -0.15) is 0 Å². The molecule has 0 aromatic rings. The molecule has 6 nitrogen and oxygen atoms in total. The summed E-state index contributed by atoms with van der Waals surface area (Å²) < 4.78 is 16.9. The first-order valence-corrected chi connectivity index (χ1v) is 32.5. The number of hydrogen-bond donors (Lipinski definition) is 0. The van der Waals surface area contributed by atoms with Crippen LogP contribution in [0.5, 0.6) is 0 Å². The van der Waals surface area contributed by atoms with Gasteiger partial charge in [-0.25, -0.2) is 0 Å². The lowest BCUT2D eigenvalue weighted by Gasteiger charge is -2.18. The molecule has 0 aromatic carbocycles. The van der Waals surface area contributed by atoms with Crippen LogP contribution in [0.3, 0.4) is 0 Å². The fourth-order valence-electron chi connectivity index (χ4n) is 8.91. The molecule has 0 saturated heterocycles. The Morgan fingerprint density at radius 3 is 0.782 bits per heavy atom. The largest absolute Gasteiger partial charge is 0.462 e. The van der Waals surface area contributed by atoms with Crippen LogP contribution < -0.4 is 0 Å². The van der Waals surface area contributed by atoms with Gasteiger partial charge in [0.05, 0.1) is 0 Å². The molecule has 0 aliphatic carbocycles. The van der Waals surface area contributed by atoms with E-state index in [2.05, 4.69) is 142 Å². The standard InChI is InChI=1S/C72H120O6/c1-4-7-10-13-16-19-22-25-28-30-32-34-35-36-37-39-40-42-44-47-50-53-56-59-62-65-71(74)77-68-69(67-76-70(73)64-61-58-55-52-49-46-27-24-21-18-15-12-9-6-3)78-72(75)66-63-60-57-54-51-48-45-43-41-38-33-31-29-26-23-20-17-14-11-8-5-2/h7-8,10-11,16-17,19-20,25-26,28-29,32-34,36-38,43,45,69H,4-6,9,12-15,18,21-24,27,30-31,35,39-42,44,46-68H2,1-3H3/b10-7-,11-8-,19-16-,20-17-,28-25-,29-26-,34-32-,37-36-,38-33-,45-43-. The molecule has 1 atom stereocenters. The summed E-state index contributed by atoms with van der Waals surface area (Å²) in [5.41, 5.74) is 0. The van der Waals surface area contributed by atoms with Gasteiger partial charge in [0.1, 0.15) is 13.2 Å². The van der Waals surface area contributed by atoms with Gasteiger partial charge in [0.15, 0.2) is 6.10 Å². The average molecular weight is 1080 g/mol. The van der Waals surface area contributed by atoms with Crippen molar-refractivity contribution in [2.45, 2.75) is 303 Å². The van der Waals surface area contributed by atoms with Crippen molar-refractivity contribution in [2.24, 2.45) is 0 Å². The summed E-state index contributed by atoms with van der Waals surface area (Å²) >= 11 is 0. The second kappa shape index (κ2) is 65.3. The van der Waals surface area contributed by atoms with E-state index in [9.17, 15) is 14.4 Å². The normalized spacial score (nSPS) is 12.9. The molecule has 0 rings (SSSR count). The number of allylic oxidation sites excluding steroid dienone is 20. The number of ether oxygens (including phenoxy) is 3. The van der Waals surface area contributed by atoms with Crippen molar-refractivity contribution in [2.75, 3.05) is 13.2 Å². The van der Waals surface area contributed by atoms with Gasteiger partial charge in [-0.3, -0.25) is 14.4 Å². The van der Waals surface area contributed by atoms with Crippen molar-refractivity contribution in [3.8, 4) is 0 Å². The number of unbranched alkanes of at least 4 members (excludes halogenated alkanes) is 27. The smallest absolute Gasteiger partial charge is 0.306 e. The molecule has 0 radical (unpaired) electrons. The lowest BCUT2D eigenvalue weighted by molar-refractivity contribution is -0.167. The number of carbonyl (C=O) groups is 3. The van der Waals surface area contributed by atoms with E-state index in [0.29, 0.717) is 19.3 Å². The van der Waals surface area contributed by atoms with E-state index in [1.807, 2.05) is 0 Å². The molecule has 0 aliphatic heterocycles. The predicted molar refractivity (Wildman–Crippen MR) is 339 cm³/mol. The van der Waals surface area contributed by atoms with Crippen LogP contribution in [0.1, 0.15) is 297 Å². The van der Waals surface area contributed by atoms with Crippen LogP contribution in [0, 0.1) is 0 Å². The Morgan fingerprint density at radius 2 is 0.500 bits per heavy atom. The SMILES string of the molecule is CC/C=C\C/C=C\C/C=C\C/C=C\C/C=C\CCCCCCCCCCCC(=O)OCC(COC(=O)CCCCCCCCCCCCCCCC)OC(=O)CCCCCCC/C=C\C/C=C\C/C=C\C/C=C\C/C=C\CC. The highest BCUT2D eigenvalue weighted by Crippen LogP contribution is 2.16. The highest BCUT2D eigenvalue weighted by Gasteiger charge is 2.19. The van der Waals surface area contributed by atoms with Gasteiger partial charge in [-0.15, -0.1) is 0 Å². The maximum absolute atomic E-state index is 12.9. The van der Waals surface area contributed by atoms with Crippen molar-refractivity contribution in [1.82, 2.24) is 0 Å². The maximum Gasteiger partial charge on any atom is 0.306 e. The van der Waals surface area contributed by atoms with Gasteiger partial charge in [0, 0.05) is 19.3 Å². The van der Waals surface area contributed by atoms with Crippen LogP contribution in [0.25, 0.3) is 0 Å². The number of hydrogen-bond acceptors (Lipinski definition) is 6. The fourth-order valence-corrected chi connectivity index (χ4v) is 8.91. The van der Waals surface area contributed by atoms with Gasteiger partial charge >= 0.3 is 17.9 Å². The summed E-state index contributed by atoms with van der Waals surface area (Å²) in [6, 6.07) is 0. The Kier molecular flexibility index (Phi) is 61.8. The van der Waals surface area contributed by atoms with E-state index < -0.39 is 6.10 Å². The molecule has 0 N–H and O–H groups in total. The molecule has 0 aliphatic rings. The maximum atomic E-state index is 12.9. The van der Waals surface area contributed by atoms with E-state index in [1.165, 1.54) is 109 Å². The van der Waals surface area contributed by atoms with Crippen LogP contribution in [-0.2, 0) is 28.6 Å². The lowest BCUT2D eigenvalue weighted by Crippen LogP contribution is -2.30. The molecule has 0 amide bonds. The predicted octanol–water partition coefficient (Wildman–Crippen LogP) is 22.4. The average Bonchev–Trinajstić information content (AvgIpc) is 3.44. The molecular weight excluding hydrogens is 961 g/mol. The van der Waals surface area contributed by atoms with Crippen molar-refractivity contribution in [3.05, 3.63) is 122 Å². The molecule has 0 saturated carbocycles. The van der Waals surface area contributed by atoms with Crippen molar-refractivity contribution >= 4 is 17.9 Å². The fraction of sp³-hybridized carbons (Fsp3) is 0.681. The molecule has 1 unspecified atom stereocenters. The van der Waals surface area contributed by atoms with Gasteiger partial charge in [-0.05, 0) is 109 Å². The van der Waals surface area contributed by atoms with Crippen LogP contribution >= 0.6 is 0 Å². The Hall–Kier alpha value is -4.19.